The third kappa shape index (κ3) is 5.28. The van der Waals surface area contributed by atoms with Gasteiger partial charge < -0.3 is 16.1 Å². The summed E-state index contributed by atoms with van der Waals surface area (Å²) >= 11 is 0. The molecule has 0 radical (unpaired) electrons. The van der Waals surface area contributed by atoms with Crippen molar-refractivity contribution in [3.8, 4) is 17.3 Å². The second-order valence-corrected chi connectivity index (χ2v) is 7.67. The maximum Gasteiger partial charge on any atom is 0.252 e. The molecule has 9 heteroatoms. The number of nitriles is 1. The summed E-state index contributed by atoms with van der Waals surface area (Å²) in [6.45, 7) is 2.09. The fraction of sp³-hybridized carbons (Fsp3) is 0.304. The smallest absolute Gasteiger partial charge is 0.252 e. The molecule has 1 fully saturated rings. The van der Waals surface area contributed by atoms with Crippen molar-refractivity contribution in [1.29, 1.82) is 5.26 Å². The number of halogens is 1. The summed E-state index contributed by atoms with van der Waals surface area (Å²) < 4.78 is 13.3. The Balaban J connectivity index is 1.37. The highest BCUT2D eigenvalue weighted by atomic mass is 19.1. The first-order valence-corrected chi connectivity index (χ1v) is 10.6. The highest BCUT2D eigenvalue weighted by Crippen LogP contribution is 2.20. The lowest BCUT2D eigenvalue weighted by Gasteiger charge is -2.11. The Hall–Kier alpha value is -3.77. The van der Waals surface area contributed by atoms with Gasteiger partial charge in [-0.1, -0.05) is 12.1 Å². The predicted molar refractivity (Wildman–Crippen MR) is 118 cm³/mol. The van der Waals surface area contributed by atoms with Gasteiger partial charge in [0.1, 0.15) is 11.9 Å². The van der Waals surface area contributed by atoms with Crippen LogP contribution in [0.3, 0.4) is 0 Å². The highest BCUT2D eigenvalue weighted by molar-refractivity contribution is 5.94. The van der Waals surface area contributed by atoms with Gasteiger partial charge in [-0.05, 0) is 55.6 Å². The minimum Gasteiger partial charge on any atom is -0.350 e. The third-order valence-electron chi connectivity index (χ3n) is 5.37. The van der Waals surface area contributed by atoms with Crippen LogP contribution in [0.4, 0.5) is 4.39 Å². The van der Waals surface area contributed by atoms with Crippen molar-refractivity contribution >= 4 is 5.91 Å². The highest BCUT2D eigenvalue weighted by Gasteiger charge is 2.16. The predicted octanol–water partition coefficient (Wildman–Crippen LogP) is 2.22. The van der Waals surface area contributed by atoms with E-state index in [4.69, 9.17) is 0 Å². The number of benzene rings is 1. The Kier molecular flexibility index (Phi) is 6.72. The van der Waals surface area contributed by atoms with Gasteiger partial charge in [0, 0.05) is 25.3 Å². The third-order valence-corrected chi connectivity index (χ3v) is 5.37. The van der Waals surface area contributed by atoms with Gasteiger partial charge in [-0.2, -0.15) is 10.1 Å². The SMILES string of the molecule is N#Cc1nn(NCCc2cccc(F)c2)cc1-c1ccc(C(=O)NC[C@H]2CCCN2)cn1. The molecule has 8 nitrogen and oxygen atoms in total. The summed E-state index contributed by atoms with van der Waals surface area (Å²) in [5, 5.41) is 19.9. The fourth-order valence-electron chi connectivity index (χ4n) is 3.67. The second kappa shape index (κ2) is 10.0. The van der Waals surface area contributed by atoms with Crippen LogP contribution in [0, 0.1) is 17.1 Å². The number of aromatic nitrogens is 3. The first-order valence-electron chi connectivity index (χ1n) is 10.6. The summed E-state index contributed by atoms with van der Waals surface area (Å²) in [4.78, 5) is 18.2. The van der Waals surface area contributed by atoms with Gasteiger partial charge in [0.2, 0.25) is 0 Å². The molecular formula is C23H24FN7O. The normalized spacial score (nSPS) is 15.3. The molecule has 3 aromatic rings. The molecule has 1 aromatic carbocycles. The molecule has 0 saturated carbocycles. The van der Waals surface area contributed by atoms with E-state index in [0.717, 1.165) is 24.9 Å². The maximum absolute atomic E-state index is 13.3. The molecule has 3 N–H and O–H groups in total. The number of hydrogen-bond acceptors (Lipinski definition) is 6. The van der Waals surface area contributed by atoms with E-state index in [0.29, 0.717) is 42.4 Å². The number of nitrogens with zero attached hydrogens (tertiary/aromatic N) is 4. The van der Waals surface area contributed by atoms with Crippen molar-refractivity contribution in [2.45, 2.75) is 25.3 Å². The number of rotatable bonds is 8. The summed E-state index contributed by atoms with van der Waals surface area (Å²) in [6, 6.07) is 12.2. The standard InChI is InChI=1S/C23H24FN7O/c24-18-4-1-3-16(11-18)8-10-29-31-15-20(22(12-25)30-31)21-7-6-17(13-27-21)23(32)28-14-19-5-2-9-26-19/h1,3-4,6-7,11,13,15,19,26,29H,2,5,8-10,14H2,(H,28,32)/t19-/m1/s1. The summed E-state index contributed by atoms with van der Waals surface area (Å²) in [5.41, 5.74) is 5.75. The quantitative estimate of drug-likeness (QED) is 0.503. The van der Waals surface area contributed by atoms with Crippen molar-refractivity contribution in [3.63, 3.8) is 0 Å². The number of carbonyl (C=O) groups excluding carboxylic acids is 1. The molecule has 0 bridgehead atoms. The Morgan fingerprint density at radius 2 is 2.25 bits per heavy atom. The average molecular weight is 433 g/mol. The molecule has 0 aliphatic carbocycles. The number of amides is 1. The van der Waals surface area contributed by atoms with Crippen LogP contribution in [0.2, 0.25) is 0 Å². The fourth-order valence-corrected chi connectivity index (χ4v) is 3.67. The molecule has 1 aliphatic rings. The van der Waals surface area contributed by atoms with Gasteiger partial charge in [-0.25, -0.2) is 4.39 Å². The molecule has 1 atom stereocenters. The number of carbonyl (C=O) groups is 1. The van der Waals surface area contributed by atoms with E-state index in [1.54, 1.807) is 24.4 Å². The maximum atomic E-state index is 13.3. The van der Waals surface area contributed by atoms with Gasteiger partial charge in [-0.15, -0.1) is 5.10 Å². The lowest BCUT2D eigenvalue weighted by molar-refractivity contribution is 0.0950. The van der Waals surface area contributed by atoms with Crippen molar-refractivity contribution in [1.82, 2.24) is 25.5 Å². The second-order valence-electron chi connectivity index (χ2n) is 7.67. The molecule has 0 unspecified atom stereocenters. The molecule has 164 valence electrons. The Morgan fingerprint density at radius 1 is 1.34 bits per heavy atom. The van der Waals surface area contributed by atoms with Crippen molar-refractivity contribution in [2.24, 2.45) is 0 Å². The molecular weight excluding hydrogens is 409 g/mol. The zero-order valence-electron chi connectivity index (χ0n) is 17.5. The van der Waals surface area contributed by atoms with Crippen LogP contribution in [0.5, 0.6) is 0 Å². The lowest BCUT2D eigenvalue weighted by atomic mass is 10.1. The molecule has 1 amide bonds. The van der Waals surface area contributed by atoms with E-state index in [9.17, 15) is 14.4 Å². The van der Waals surface area contributed by atoms with E-state index in [1.807, 2.05) is 6.07 Å². The largest absolute Gasteiger partial charge is 0.350 e. The van der Waals surface area contributed by atoms with Crippen LogP contribution in [-0.2, 0) is 6.42 Å². The monoisotopic (exact) mass is 433 g/mol. The first-order chi connectivity index (χ1) is 15.6. The average Bonchev–Trinajstić information content (AvgIpc) is 3.47. The number of nitrogens with one attached hydrogen (secondary N) is 3. The van der Waals surface area contributed by atoms with Gasteiger partial charge in [-0.3, -0.25) is 9.78 Å². The van der Waals surface area contributed by atoms with Gasteiger partial charge in [0.15, 0.2) is 5.69 Å². The first kappa shape index (κ1) is 21.5. The topological polar surface area (TPSA) is 108 Å². The lowest BCUT2D eigenvalue weighted by Crippen LogP contribution is -2.37. The van der Waals surface area contributed by atoms with E-state index in [1.165, 1.54) is 23.1 Å². The van der Waals surface area contributed by atoms with Crippen LogP contribution in [0.1, 0.15) is 34.5 Å². The molecule has 2 aromatic heterocycles. The van der Waals surface area contributed by atoms with E-state index < -0.39 is 0 Å². The van der Waals surface area contributed by atoms with Crippen LogP contribution in [-0.4, -0.2) is 46.5 Å². The van der Waals surface area contributed by atoms with Crippen LogP contribution in [0.25, 0.3) is 11.3 Å². The minimum atomic E-state index is -0.269. The van der Waals surface area contributed by atoms with E-state index in [2.05, 4.69) is 32.2 Å². The van der Waals surface area contributed by atoms with Crippen LogP contribution >= 0.6 is 0 Å². The van der Waals surface area contributed by atoms with Crippen molar-refractivity contribution < 1.29 is 9.18 Å². The summed E-state index contributed by atoms with van der Waals surface area (Å²) in [7, 11) is 0. The minimum absolute atomic E-state index is 0.173. The van der Waals surface area contributed by atoms with Crippen LogP contribution in [0.15, 0.2) is 48.8 Å². The zero-order valence-corrected chi connectivity index (χ0v) is 17.5. The summed E-state index contributed by atoms with van der Waals surface area (Å²) in [5.74, 6) is -0.443. The molecule has 32 heavy (non-hydrogen) atoms. The van der Waals surface area contributed by atoms with Crippen LogP contribution < -0.4 is 16.1 Å². The van der Waals surface area contributed by atoms with Crippen molar-refractivity contribution in [2.75, 3.05) is 25.1 Å². The van der Waals surface area contributed by atoms with E-state index in [-0.39, 0.29) is 17.4 Å². The Bertz CT molecular complexity index is 1110. The Morgan fingerprint density at radius 3 is 2.97 bits per heavy atom. The van der Waals surface area contributed by atoms with Gasteiger partial charge in [0.05, 0.1) is 23.0 Å². The molecule has 0 spiro atoms. The van der Waals surface area contributed by atoms with E-state index >= 15 is 0 Å². The molecule has 1 aliphatic heterocycles. The Labute approximate surface area is 185 Å². The van der Waals surface area contributed by atoms with Gasteiger partial charge in [0.25, 0.3) is 5.91 Å². The molecule has 4 rings (SSSR count). The number of hydrogen-bond donors (Lipinski definition) is 3. The zero-order chi connectivity index (χ0) is 22.3. The molecule has 1 saturated heterocycles. The summed E-state index contributed by atoms with van der Waals surface area (Å²) in [6.07, 6.45) is 5.98. The molecule has 3 heterocycles. The number of pyridine rings is 1. The van der Waals surface area contributed by atoms with Gasteiger partial charge >= 0.3 is 0 Å². The van der Waals surface area contributed by atoms with Crippen molar-refractivity contribution in [3.05, 3.63) is 71.4 Å².